The summed E-state index contributed by atoms with van der Waals surface area (Å²) in [6, 6.07) is 5.07. The Kier molecular flexibility index (Phi) is 5.37. The first-order valence-corrected chi connectivity index (χ1v) is 12.1. The highest BCUT2D eigenvalue weighted by molar-refractivity contribution is 6.30. The summed E-state index contributed by atoms with van der Waals surface area (Å²) < 4.78 is 23.0. The average molecular weight is 482 g/mol. The SMILES string of the molecule is CN1CCc2c(nc([C@H]3CCO[C@@H](c4cnn(C5CC5)c4)C3)nc2-c2ccc(Cl)cc2F)C1=O. The van der Waals surface area contributed by atoms with Crippen molar-refractivity contribution in [2.24, 2.45) is 0 Å². The third-order valence-electron chi connectivity index (χ3n) is 7.02. The summed E-state index contributed by atoms with van der Waals surface area (Å²) in [6.45, 7) is 1.10. The Hall–Kier alpha value is -2.84. The van der Waals surface area contributed by atoms with Crippen LogP contribution in [0.15, 0.2) is 30.6 Å². The van der Waals surface area contributed by atoms with E-state index in [1.807, 2.05) is 10.9 Å². The van der Waals surface area contributed by atoms with Crippen LogP contribution in [-0.4, -0.2) is 50.8 Å². The molecule has 0 radical (unpaired) electrons. The number of nitrogens with zero attached hydrogens (tertiary/aromatic N) is 5. The zero-order valence-electron chi connectivity index (χ0n) is 18.9. The van der Waals surface area contributed by atoms with E-state index in [4.69, 9.17) is 26.3 Å². The number of benzene rings is 1. The predicted molar refractivity (Wildman–Crippen MR) is 124 cm³/mol. The number of hydrogen-bond donors (Lipinski definition) is 0. The monoisotopic (exact) mass is 481 g/mol. The fourth-order valence-electron chi connectivity index (χ4n) is 4.89. The van der Waals surface area contributed by atoms with Gasteiger partial charge in [0.2, 0.25) is 0 Å². The second kappa shape index (κ2) is 8.43. The number of likely N-dealkylation sites (N-methyl/N-ethyl adjacent to an activating group) is 1. The number of ether oxygens (including phenoxy) is 1. The lowest BCUT2D eigenvalue weighted by Crippen LogP contribution is -2.36. The van der Waals surface area contributed by atoms with Gasteiger partial charge in [0, 0.05) is 54.0 Å². The van der Waals surface area contributed by atoms with Crippen molar-refractivity contribution < 1.29 is 13.9 Å². The Balaban J connectivity index is 1.38. The van der Waals surface area contributed by atoms with Crippen LogP contribution in [0.1, 0.15) is 71.2 Å². The molecule has 0 bridgehead atoms. The third kappa shape index (κ3) is 3.88. The van der Waals surface area contributed by atoms with Crippen LogP contribution in [0.3, 0.4) is 0 Å². The van der Waals surface area contributed by atoms with Crippen LogP contribution in [0.4, 0.5) is 4.39 Å². The Bertz CT molecular complexity index is 1270. The molecule has 0 unspecified atom stereocenters. The van der Waals surface area contributed by atoms with E-state index in [1.54, 1.807) is 24.1 Å². The van der Waals surface area contributed by atoms with Crippen molar-refractivity contribution in [1.82, 2.24) is 24.6 Å². The van der Waals surface area contributed by atoms with Gasteiger partial charge in [-0.15, -0.1) is 0 Å². The number of carbonyl (C=O) groups excluding carboxylic acids is 1. The van der Waals surface area contributed by atoms with Gasteiger partial charge >= 0.3 is 0 Å². The molecule has 1 aliphatic carbocycles. The molecule has 0 spiro atoms. The molecule has 9 heteroatoms. The molecule has 3 aromatic rings. The number of aromatic nitrogens is 4. The molecule has 2 atom stereocenters. The van der Waals surface area contributed by atoms with E-state index in [-0.39, 0.29) is 17.9 Å². The second-order valence-electron chi connectivity index (χ2n) is 9.42. The van der Waals surface area contributed by atoms with Crippen LogP contribution in [0.2, 0.25) is 5.02 Å². The first kappa shape index (κ1) is 21.7. The molecule has 6 rings (SSSR count). The molecule has 2 aliphatic heterocycles. The number of rotatable bonds is 4. The minimum absolute atomic E-state index is 0.0116. The maximum absolute atomic E-state index is 14.9. The highest BCUT2D eigenvalue weighted by Crippen LogP contribution is 2.40. The van der Waals surface area contributed by atoms with Crippen molar-refractivity contribution in [3.8, 4) is 11.3 Å². The van der Waals surface area contributed by atoms with Crippen molar-refractivity contribution >= 4 is 17.5 Å². The van der Waals surface area contributed by atoms with E-state index in [0.29, 0.717) is 65.4 Å². The van der Waals surface area contributed by atoms with Gasteiger partial charge in [0.15, 0.2) is 0 Å². The summed E-state index contributed by atoms with van der Waals surface area (Å²) in [5, 5.41) is 4.82. The summed E-state index contributed by atoms with van der Waals surface area (Å²) in [5.74, 6) is -0.0602. The average Bonchev–Trinajstić information content (AvgIpc) is 3.57. The van der Waals surface area contributed by atoms with Gasteiger partial charge in [0.25, 0.3) is 5.91 Å². The number of amides is 1. The van der Waals surface area contributed by atoms with Gasteiger partial charge in [0.05, 0.1) is 24.0 Å². The van der Waals surface area contributed by atoms with E-state index in [1.165, 1.54) is 18.9 Å². The van der Waals surface area contributed by atoms with Gasteiger partial charge in [-0.25, -0.2) is 14.4 Å². The van der Waals surface area contributed by atoms with Gasteiger partial charge in [-0.2, -0.15) is 5.10 Å². The molecular formula is C25H25ClFN5O2. The Morgan fingerprint density at radius 3 is 2.79 bits per heavy atom. The molecule has 3 aliphatic rings. The topological polar surface area (TPSA) is 73.1 Å². The molecule has 1 saturated heterocycles. The van der Waals surface area contributed by atoms with Crippen molar-refractivity contribution in [2.45, 2.75) is 50.2 Å². The number of hydrogen-bond acceptors (Lipinski definition) is 5. The summed E-state index contributed by atoms with van der Waals surface area (Å²) >= 11 is 5.99. The van der Waals surface area contributed by atoms with E-state index in [9.17, 15) is 9.18 Å². The number of fused-ring (bicyclic) bond motifs is 1. The summed E-state index contributed by atoms with van der Waals surface area (Å²) in [4.78, 5) is 24.3. The fraction of sp³-hybridized carbons (Fsp3) is 0.440. The number of halogens is 2. The fourth-order valence-corrected chi connectivity index (χ4v) is 5.04. The Morgan fingerprint density at radius 1 is 1.18 bits per heavy atom. The molecule has 1 aromatic carbocycles. The molecule has 1 saturated carbocycles. The first-order chi connectivity index (χ1) is 16.5. The van der Waals surface area contributed by atoms with Gasteiger partial charge in [-0.1, -0.05) is 11.6 Å². The first-order valence-electron chi connectivity index (χ1n) is 11.8. The van der Waals surface area contributed by atoms with E-state index >= 15 is 0 Å². The van der Waals surface area contributed by atoms with Crippen molar-refractivity contribution in [2.75, 3.05) is 20.2 Å². The molecular weight excluding hydrogens is 457 g/mol. The standard InChI is InChI=1S/C25H25ClFN5O2/c1-31-8-6-19-22(18-5-2-16(26)11-20(18)27)29-24(30-23(19)25(31)33)14-7-9-34-21(10-14)15-12-28-32(13-15)17-3-4-17/h2,5,11-14,17,21H,3-4,6-10H2,1H3/t14-,21+/m0/s1. The predicted octanol–water partition coefficient (Wildman–Crippen LogP) is 4.73. The van der Waals surface area contributed by atoms with Crippen LogP contribution in [0, 0.1) is 5.82 Å². The van der Waals surface area contributed by atoms with Crippen LogP contribution in [0.25, 0.3) is 11.3 Å². The molecule has 1 amide bonds. The van der Waals surface area contributed by atoms with Crippen LogP contribution < -0.4 is 0 Å². The molecule has 34 heavy (non-hydrogen) atoms. The van der Waals surface area contributed by atoms with Crippen LogP contribution in [0.5, 0.6) is 0 Å². The number of carbonyl (C=O) groups is 1. The Morgan fingerprint density at radius 2 is 2.00 bits per heavy atom. The van der Waals surface area contributed by atoms with Crippen molar-refractivity contribution in [3.05, 3.63) is 64.1 Å². The highest BCUT2D eigenvalue weighted by Gasteiger charge is 2.34. The van der Waals surface area contributed by atoms with Crippen molar-refractivity contribution in [1.29, 1.82) is 0 Å². The minimum Gasteiger partial charge on any atom is -0.373 e. The van der Waals surface area contributed by atoms with Crippen LogP contribution in [-0.2, 0) is 11.2 Å². The molecule has 2 aromatic heterocycles. The summed E-state index contributed by atoms with van der Waals surface area (Å²) in [7, 11) is 1.76. The van der Waals surface area contributed by atoms with E-state index in [0.717, 1.165) is 12.0 Å². The Labute approximate surface area is 201 Å². The van der Waals surface area contributed by atoms with Crippen LogP contribution >= 0.6 is 11.6 Å². The maximum atomic E-state index is 14.9. The van der Waals surface area contributed by atoms with E-state index < -0.39 is 5.82 Å². The zero-order chi connectivity index (χ0) is 23.4. The van der Waals surface area contributed by atoms with Gasteiger partial charge in [-0.05, 0) is 50.3 Å². The van der Waals surface area contributed by atoms with Gasteiger partial charge in [-0.3, -0.25) is 9.48 Å². The summed E-state index contributed by atoms with van der Waals surface area (Å²) in [5.41, 5.74) is 2.95. The smallest absolute Gasteiger partial charge is 0.272 e. The van der Waals surface area contributed by atoms with Gasteiger partial charge in [0.1, 0.15) is 17.3 Å². The lowest BCUT2D eigenvalue weighted by atomic mass is 9.91. The lowest BCUT2D eigenvalue weighted by molar-refractivity contribution is 0.00387. The second-order valence-corrected chi connectivity index (χ2v) is 9.86. The zero-order valence-corrected chi connectivity index (χ0v) is 19.6. The van der Waals surface area contributed by atoms with E-state index in [2.05, 4.69) is 11.3 Å². The molecule has 4 heterocycles. The molecule has 7 nitrogen and oxygen atoms in total. The molecule has 2 fully saturated rings. The summed E-state index contributed by atoms with van der Waals surface area (Å²) in [6.07, 6.45) is 8.18. The quantitative estimate of drug-likeness (QED) is 0.538. The van der Waals surface area contributed by atoms with Crippen molar-refractivity contribution in [3.63, 3.8) is 0 Å². The maximum Gasteiger partial charge on any atom is 0.272 e. The minimum atomic E-state index is -0.455. The molecule has 176 valence electrons. The van der Waals surface area contributed by atoms with Gasteiger partial charge < -0.3 is 9.64 Å². The highest BCUT2D eigenvalue weighted by atomic mass is 35.5. The molecule has 0 N–H and O–H groups in total. The lowest BCUT2D eigenvalue weighted by Gasteiger charge is -2.30. The largest absolute Gasteiger partial charge is 0.373 e. The third-order valence-corrected chi connectivity index (χ3v) is 7.26. The normalized spacial score (nSPS) is 22.7.